The molecule has 24 heavy (non-hydrogen) atoms. The van der Waals surface area contributed by atoms with Crippen LogP contribution >= 0.6 is 0 Å². The van der Waals surface area contributed by atoms with E-state index in [0.717, 1.165) is 50.3 Å². The molecule has 1 aliphatic rings. The van der Waals surface area contributed by atoms with Crippen molar-refractivity contribution in [2.45, 2.75) is 38.6 Å². The van der Waals surface area contributed by atoms with Crippen LogP contribution in [-0.4, -0.2) is 36.5 Å². The Morgan fingerprint density at radius 1 is 1.17 bits per heavy atom. The number of nitrogens with zero attached hydrogens (tertiary/aromatic N) is 2. The number of carbonyl (C=O) groups excluding carboxylic acids is 1. The predicted molar refractivity (Wildman–Crippen MR) is 96.1 cm³/mol. The van der Waals surface area contributed by atoms with E-state index in [1.165, 1.54) is 0 Å². The second-order valence-corrected chi connectivity index (χ2v) is 6.36. The predicted octanol–water partition coefficient (Wildman–Crippen LogP) is 3.73. The molecular weight excluding hydrogens is 300 g/mol. The average molecular weight is 326 g/mol. The minimum Gasteiger partial charge on any atom is -0.469 e. The van der Waals surface area contributed by atoms with Gasteiger partial charge in [0.1, 0.15) is 5.76 Å². The summed E-state index contributed by atoms with van der Waals surface area (Å²) in [6, 6.07) is 14.4. The normalized spacial score (nSPS) is 16.2. The first kappa shape index (κ1) is 16.8. The highest BCUT2D eigenvalue weighted by atomic mass is 16.3. The van der Waals surface area contributed by atoms with Gasteiger partial charge in [-0.25, -0.2) is 0 Å². The van der Waals surface area contributed by atoms with Crippen molar-refractivity contribution in [2.75, 3.05) is 24.5 Å². The zero-order valence-corrected chi connectivity index (χ0v) is 14.4. The van der Waals surface area contributed by atoms with E-state index in [-0.39, 0.29) is 5.91 Å². The van der Waals surface area contributed by atoms with Gasteiger partial charge in [0, 0.05) is 44.2 Å². The second kappa shape index (κ2) is 8.15. The van der Waals surface area contributed by atoms with Crippen molar-refractivity contribution < 1.29 is 9.21 Å². The van der Waals surface area contributed by atoms with Gasteiger partial charge in [0.15, 0.2) is 0 Å². The summed E-state index contributed by atoms with van der Waals surface area (Å²) >= 11 is 0. The fourth-order valence-corrected chi connectivity index (χ4v) is 3.44. The van der Waals surface area contributed by atoms with Crippen LogP contribution < -0.4 is 4.90 Å². The molecule has 1 aromatic heterocycles. The monoisotopic (exact) mass is 326 g/mol. The molecule has 4 heteroatoms. The number of amides is 1. The van der Waals surface area contributed by atoms with E-state index < -0.39 is 0 Å². The third kappa shape index (κ3) is 4.06. The lowest BCUT2D eigenvalue weighted by Gasteiger charge is -2.38. The van der Waals surface area contributed by atoms with Gasteiger partial charge in [-0.15, -0.1) is 0 Å². The molecule has 2 heterocycles. The van der Waals surface area contributed by atoms with E-state index in [9.17, 15) is 4.79 Å². The first-order valence-electron chi connectivity index (χ1n) is 8.89. The van der Waals surface area contributed by atoms with Gasteiger partial charge in [-0.1, -0.05) is 25.1 Å². The van der Waals surface area contributed by atoms with Crippen LogP contribution in [0.1, 0.15) is 31.9 Å². The summed E-state index contributed by atoms with van der Waals surface area (Å²) in [5, 5.41) is 0. The highest BCUT2D eigenvalue weighted by Crippen LogP contribution is 2.24. The Balaban J connectivity index is 1.58. The van der Waals surface area contributed by atoms with Gasteiger partial charge in [0.25, 0.3) is 0 Å². The number of benzene rings is 1. The van der Waals surface area contributed by atoms with Crippen molar-refractivity contribution >= 4 is 11.6 Å². The molecule has 0 unspecified atom stereocenters. The summed E-state index contributed by atoms with van der Waals surface area (Å²) in [4.78, 5) is 17.0. The highest BCUT2D eigenvalue weighted by molar-refractivity contribution is 5.93. The van der Waals surface area contributed by atoms with Gasteiger partial charge in [0.05, 0.1) is 6.26 Å². The minimum absolute atomic E-state index is 0.218. The molecule has 4 nitrogen and oxygen atoms in total. The molecule has 1 aromatic carbocycles. The molecule has 2 aromatic rings. The molecule has 128 valence electrons. The molecule has 1 saturated heterocycles. The van der Waals surface area contributed by atoms with Crippen LogP contribution in [0.3, 0.4) is 0 Å². The van der Waals surface area contributed by atoms with E-state index in [1.807, 2.05) is 54.3 Å². The lowest BCUT2D eigenvalue weighted by atomic mass is 10.0. The molecule has 0 aliphatic carbocycles. The highest BCUT2D eigenvalue weighted by Gasteiger charge is 2.28. The van der Waals surface area contributed by atoms with Crippen LogP contribution in [0.15, 0.2) is 53.1 Å². The summed E-state index contributed by atoms with van der Waals surface area (Å²) in [6.07, 6.45) is 5.29. The Bertz CT molecular complexity index is 616. The van der Waals surface area contributed by atoms with E-state index in [1.54, 1.807) is 6.26 Å². The Morgan fingerprint density at radius 2 is 1.92 bits per heavy atom. The van der Waals surface area contributed by atoms with Crippen molar-refractivity contribution in [3.63, 3.8) is 0 Å². The number of furan rings is 1. The summed E-state index contributed by atoms with van der Waals surface area (Å²) in [5.74, 6) is 1.26. The molecule has 0 bridgehead atoms. The first-order chi connectivity index (χ1) is 11.8. The number of rotatable bonds is 6. The van der Waals surface area contributed by atoms with Crippen LogP contribution in [0.4, 0.5) is 5.69 Å². The number of anilines is 1. The molecule has 0 N–H and O–H groups in total. The van der Waals surface area contributed by atoms with E-state index in [4.69, 9.17) is 4.42 Å². The van der Waals surface area contributed by atoms with Gasteiger partial charge >= 0.3 is 0 Å². The van der Waals surface area contributed by atoms with Gasteiger partial charge in [-0.05, 0) is 37.1 Å². The van der Waals surface area contributed by atoms with Crippen LogP contribution in [0.25, 0.3) is 0 Å². The molecular formula is C20H26N2O2. The summed E-state index contributed by atoms with van der Waals surface area (Å²) in [5.41, 5.74) is 1.03. The SMILES string of the molecule is CCC(=O)N(c1ccccc1)C1CCN(CCc2ccco2)CC1. The third-order valence-electron chi connectivity index (χ3n) is 4.78. The van der Waals surface area contributed by atoms with Gasteiger partial charge < -0.3 is 14.2 Å². The maximum Gasteiger partial charge on any atom is 0.226 e. The summed E-state index contributed by atoms with van der Waals surface area (Å²) in [7, 11) is 0. The van der Waals surface area contributed by atoms with Crippen LogP contribution in [-0.2, 0) is 11.2 Å². The fourth-order valence-electron chi connectivity index (χ4n) is 3.44. The lowest BCUT2D eigenvalue weighted by Crippen LogP contribution is -2.47. The quantitative estimate of drug-likeness (QED) is 0.811. The second-order valence-electron chi connectivity index (χ2n) is 6.36. The van der Waals surface area contributed by atoms with Crippen LogP contribution in [0, 0.1) is 0 Å². The average Bonchev–Trinajstić information content (AvgIpc) is 3.15. The molecule has 0 spiro atoms. The molecule has 1 amide bonds. The maximum absolute atomic E-state index is 12.5. The lowest BCUT2D eigenvalue weighted by molar-refractivity contribution is -0.119. The van der Waals surface area contributed by atoms with Crippen molar-refractivity contribution in [1.82, 2.24) is 4.90 Å². The standard InChI is InChI=1S/C20H26N2O2/c1-2-20(23)22(17-7-4-3-5-8-17)18-10-13-21(14-11-18)15-12-19-9-6-16-24-19/h3-9,16,18H,2,10-15H2,1H3. The number of para-hydroxylation sites is 1. The van der Waals surface area contributed by atoms with Crippen molar-refractivity contribution in [3.05, 3.63) is 54.5 Å². The fraction of sp³-hybridized carbons (Fsp3) is 0.450. The van der Waals surface area contributed by atoms with Crippen LogP contribution in [0.5, 0.6) is 0 Å². The number of hydrogen-bond acceptors (Lipinski definition) is 3. The molecule has 0 saturated carbocycles. The Morgan fingerprint density at radius 3 is 2.54 bits per heavy atom. The zero-order valence-electron chi connectivity index (χ0n) is 14.4. The van der Waals surface area contributed by atoms with Gasteiger partial charge in [-0.3, -0.25) is 4.79 Å². The van der Waals surface area contributed by atoms with E-state index in [2.05, 4.69) is 4.90 Å². The molecule has 3 rings (SSSR count). The molecule has 0 atom stereocenters. The zero-order chi connectivity index (χ0) is 16.8. The number of carbonyl (C=O) groups is 1. The van der Waals surface area contributed by atoms with Gasteiger partial charge in [0.2, 0.25) is 5.91 Å². The molecule has 1 fully saturated rings. The van der Waals surface area contributed by atoms with E-state index in [0.29, 0.717) is 12.5 Å². The third-order valence-corrected chi connectivity index (χ3v) is 4.78. The molecule has 0 radical (unpaired) electrons. The summed E-state index contributed by atoms with van der Waals surface area (Å²) < 4.78 is 5.41. The Hall–Kier alpha value is -2.07. The Kier molecular flexibility index (Phi) is 5.70. The van der Waals surface area contributed by atoms with Crippen molar-refractivity contribution in [2.24, 2.45) is 0 Å². The van der Waals surface area contributed by atoms with Gasteiger partial charge in [-0.2, -0.15) is 0 Å². The maximum atomic E-state index is 12.5. The minimum atomic E-state index is 0.218. The Labute approximate surface area is 144 Å². The van der Waals surface area contributed by atoms with E-state index >= 15 is 0 Å². The first-order valence-corrected chi connectivity index (χ1v) is 8.89. The smallest absolute Gasteiger partial charge is 0.226 e. The largest absolute Gasteiger partial charge is 0.469 e. The molecule has 1 aliphatic heterocycles. The topological polar surface area (TPSA) is 36.7 Å². The number of likely N-dealkylation sites (tertiary alicyclic amines) is 1. The van der Waals surface area contributed by atoms with Crippen LogP contribution in [0.2, 0.25) is 0 Å². The van der Waals surface area contributed by atoms with Crippen molar-refractivity contribution in [3.8, 4) is 0 Å². The van der Waals surface area contributed by atoms with Crippen molar-refractivity contribution in [1.29, 1.82) is 0 Å². The summed E-state index contributed by atoms with van der Waals surface area (Å²) in [6.45, 7) is 5.03. The number of piperidine rings is 1. The number of hydrogen-bond donors (Lipinski definition) is 0.